The molecule has 0 spiro atoms. The van der Waals surface area contributed by atoms with E-state index in [-0.39, 0.29) is 23.4 Å². The summed E-state index contributed by atoms with van der Waals surface area (Å²) in [5, 5.41) is 14.3. The van der Waals surface area contributed by atoms with E-state index < -0.39 is 16.4 Å². The smallest absolute Gasteiger partial charge is 0.270 e. The first-order chi connectivity index (χ1) is 20.6. The molecule has 43 heavy (non-hydrogen) atoms. The Kier molecular flexibility index (Phi) is 8.45. The van der Waals surface area contributed by atoms with Gasteiger partial charge >= 0.3 is 0 Å². The molecule has 2 aliphatic rings. The van der Waals surface area contributed by atoms with Gasteiger partial charge in [0.25, 0.3) is 11.6 Å². The standard InChI is InChI=1S/C34H37N5O4/c1-33(26-14-16-29(17-15-26)39(42)43,37(2)32(41)30-18-13-25(23-36-30)31(35)40)24-38-21-19-34(20-22-38,27-9-5-3-6-10-27)28-11-7-4-8-12-28/h3-12,14-18,23,36H,13,19-22,24H2,1-2H3,(H2,35,40). The molecule has 222 valence electrons. The Morgan fingerprint density at radius 2 is 1.53 bits per heavy atom. The van der Waals surface area contributed by atoms with Crippen molar-refractivity contribution in [2.45, 2.75) is 37.1 Å². The zero-order chi connectivity index (χ0) is 30.6. The fourth-order valence-electron chi connectivity index (χ4n) is 6.34. The van der Waals surface area contributed by atoms with Crippen molar-refractivity contribution in [2.75, 3.05) is 26.7 Å². The van der Waals surface area contributed by atoms with E-state index in [4.69, 9.17) is 5.73 Å². The number of carbonyl (C=O) groups excluding carboxylic acids is 2. The first-order valence-corrected chi connectivity index (χ1v) is 14.5. The van der Waals surface area contributed by atoms with Crippen molar-refractivity contribution in [3.05, 3.63) is 135 Å². The van der Waals surface area contributed by atoms with Crippen LogP contribution in [0.3, 0.4) is 0 Å². The first-order valence-electron chi connectivity index (χ1n) is 14.5. The normalized spacial score (nSPS) is 17.9. The Morgan fingerprint density at radius 1 is 0.977 bits per heavy atom. The van der Waals surface area contributed by atoms with E-state index in [1.165, 1.54) is 29.5 Å². The molecule has 9 heteroatoms. The molecule has 1 unspecified atom stereocenters. The summed E-state index contributed by atoms with van der Waals surface area (Å²) in [6.07, 6.45) is 5.22. The van der Waals surface area contributed by atoms with Crippen LogP contribution in [0.25, 0.3) is 0 Å². The van der Waals surface area contributed by atoms with Gasteiger partial charge in [-0.2, -0.15) is 0 Å². The summed E-state index contributed by atoms with van der Waals surface area (Å²) < 4.78 is 0. The van der Waals surface area contributed by atoms with Gasteiger partial charge in [-0.3, -0.25) is 19.7 Å². The number of nitrogens with two attached hydrogens (primary N) is 1. The number of amides is 2. The molecule has 2 heterocycles. The molecular formula is C34H37N5O4. The lowest BCUT2D eigenvalue weighted by molar-refractivity contribution is -0.384. The quantitative estimate of drug-likeness (QED) is 0.282. The number of nitro groups is 1. The Hall–Kier alpha value is -4.76. The molecule has 1 atom stereocenters. The molecule has 1 fully saturated rings. The largest absolute Gasteiger partial charge is 0.366 e. The highest BCUT2D eigenvalue weighted by atomic mass is 16.6. The van der Waals surface area contributed by atoms with Gasteiger partial charge in [0.2, 0.25) is 5.91 Å². The van der Waals surface area contributed by atoms with E-state index in [9.17, 15) is 19.7 Å². The van der Waals surface area contributed by atoms with E-state index in [1.54, 1.807) is 30.2 Å². The summed E-state index contributed by atoms with van der Waals surface area (Å²) in [6.45, 7) is 4.14. The van der Waals surface area contributed by atoms with Gasteiger partial charge in [-0.1, -0.05) is 66.7 Å². The van der Waals surface area contributed by atoms with Crippen molar-refractivity contribution >= 4 is 17.5 Å². The molecule has 3 aromatic carbocycles. The molecule has 3 aromatic rings. The lowest BCUT2D eigenvalue weighted by atomic mass is 9.68. The molecule has 0 saturated carbocycles. The van der Waals surface area contributed by atoms with Crippen LogP contribution in [0, 0.1) is 10.1 Å². The predicted octanol–water partition coefficient (Wildman–Crippen LogP) is 4.60. The molecular weight excluding hydrogens is 542 g/mol. The molecule has 0 aliphatic carbocycles. The molecule has 9 nitrogen and oxygen atoms in total. The highest BCUT2D eigenvalue weighted by Crippen LogP contribution is 2.42. The molecule has 5 rings (SSSR count). The van der Waals surface area contributed by atoms with Crippen LogP contribution in [0.4, 0.5) is 5.69 Å². The average Bonchev–Trinajstić information content (AvgIpc) is 3.05. The second-order valence-electron chi connectivity index (χ2n) is 11.5. The minimum absolute atomic E-state index is 0.00525. The summed E-state index contributed by atoms with van der Waals surface area (Å²) in [7, 11) is 1.75. The number of hydrogen-bond donors (Lipinski definition) is 2. The van der Waals surface area contributed by atoms with E-state index in [1.807, 2.05) is 19.1 Å². The number of hydrogen-bond acceptors (Lipinski definition) is 6. The van der Waals surface area contributed by atoms with Crippen LogP contribution < -0.4 is 11.1 Å². The van der Waals surface area contributed by atoms with Crippen molar-refractivity contribution in [1.29, 1.82) is 0 Å². The lowest BCUT2D eigenvalue weighted by Gasteiger charge is -2.47. The Bertz CT molecular complexity index is 1500. The number of likely N-dealkylation sites (tertiary alicyclic amines) is 1. The van der Waals surface area contributed by atoms with Crippen molar-refractivity contribution in [3.8, 4) is 0 Å². The highest BCUT2D eigenvalue weighted by molar-refractivity contribution is 5.96. The number of likely N-dealkylation sites (N-methyl/N-ethyl adjacent to an activating group) is 1. The second kappa shape index (κ2) is 12.2. The minimum Gasteiger partial charge on any atom is -0.366 e. The maximum absolute atomic E-state index is 13.8. The maximum Gasteiger partial charge on any atom is 0.270 e. The van der Waals surface area contributed by atoms with Gasteiger partial charge in [0.15, 0.2) is 0 Å². The maximum atomic E-state index is 13.8. The average molecular weight is 580 g/mol. The number of nitrogens with one attached hydrogen (secondary N) is 1. The fraction of sp³-hybridized carbons (Fsp3) is 0.294. The van der Waals surface area contributed by atoms with Crippen molar-refractivity contribution in [1.82, 2.24) is 15.1 Å². The van der Waals surface area contributed by atoms with Gasteiger partial charge in [0.05, 0.1) is 10.5 Å². The number of nitro benzene ring substituents is 1. The van der Waals surface area contributed by atoms with Crippen LogP contribution in [0.2, 0.25) is 0 Å². The van der Waals surface area contributed by atoms with Gasteiger partial charge in [-0.05, 0) is 68.1 Å². The van der Waals surface area contributed by atoms with Crippen molar-refractivity contribution in [3.63, 3.8) is 0 Å². The van der Waals surface area contributed by atoms with Gasteiger partial charge < -0.3 is 20.9 Å². The highest BCUT2D eigenvalue weighted by Gasteiger charge is 2.42. The van der Waals surface area contributed by atoms with Crippen LogP contribution in [0.5, 0.6) is 0 Å². The number of nitrogens with zero attached hydrogens (tertiary/aromatic N) is 3. The summed E-state index contributed by atoms with van der Waals surface area (Å²) in [5.74, 6) is -0.785. The lowest BCUT2D eigenvalue weighted by Crippen LogP contribution is -2.55. The van der Waals surface area contributed by atoms with E-state index >= 15 is 0 Å². The number of rotatable bonds is 9. The monoisotopic (exact) mass is 579 g/mol. The van der Waals surface area contributed by atoms with Crippen LogP contribution >= 0.6 is 0 Å². The predicted molar refractivity (Wildman–Crippen MR) is 166 cm³/mol. The molecule has 0 radical (unpaired) electrons. The summed E-state index contributed by atoms with van der Waals surface area (Å²) in [5.41, 5.74) is 8.59. The van der Waals surface area contributed by atoms with Gasteiger partial charge in [0.1, 0.15) is 5.70 Å². The SMILES string of the molecule is CN(C(=O)C1=CCC(C(N)=O)=CN1)C(C)(CN1CCC(c2ccccc2)(c2ccccc2)CC1)c1ccc([N+](=O)[O-])cc1. The van der Waals surface area contributed by atoms with Crippen molar-refractivity contribution < 1.29 is 14.5 Å². The van der Waals surface area contributed by atoms with Crippen LogP contribution in [0.1, 0.15) is 42.9 Å². The number of non-ortho nitro benzene ring substituents is 1. The van der Waals surface area contributed by atoms with E-state index in [0.717, 1.165) is 31.5 Å². The Labute approximate surface area is 251 Å². The number of dihydropyridines is 1. The zero-order valence-corrected chi connectivity index (χ0v) is 24.5. The Morgan fingerprint density at radius 3 is 2.00 bits per heavy atom. The number of carbonyl (C=O) groups is 2. The molecule has 2 aliphatic heterocycles. The summed E-state index contributed by atoms with van der Waals surface area (Å²) in [4.78, 5) is 40.4. The molecule has 1 saturated heterocycles. The molecule has 2 amide bonds. The first kappa shape index (κ1) is 29.7. The third-order valence-corrected chi connectivity index (χ3v) is 9.11. The van der Waals surface area contributed by atoms with Crippen molar-refractivity contribution in [2.24, 2.45) is 5.73 Å². The molecule has 0 aromatic heterocycles. The number of allylic oxidation sites excluding steroid dienone is 1. The van der Waals surface area contributed by atoms with Crippen LogP contribution in [-0.4, -0.2) is 53.2 Å². The minimum atomic E-state index is -0.818. The molecule has 3 N–H and O–H groups in total. The number of piperidine rings is 1. The van der Waals surface area contributed by atoms with Crippen LogP contribution in [0.15, 0.2) is 108 Å². The third-order valence-electron chi connectivity index (χ3n) is 9.11. The molecule has 0 bridgehead atoms. The fourth-order valence-corrected chi connectivity index (χ4v) is 6.34. The number of benzene rings is 3. The van der Waals surface area contributed by atoms with E-state index in [0.29, 0.717) is 17.8 Å². The van der Waals surface area contributed by atoms with Crippen LogP contribution in [-0.2, 0) is 20.5 Å². The summed E-state index contributed by atoms with van der Waals surface area (Å²) in [6, 6.07) is 27.7. The van der Waals surface area contributed by atoms with E-state index in [2.05, 4.69) is 58.7 Å². The Balaban J connectivity index is 1.42. The topological polar surface area (TPSA) is 122 Å². The zero-order valence-electron chi connectivity index (χ0n) is 24.5. The summed E-state index contributed by atoms with van der Waals surface area (Å²) >= 11 is 0. The number of primary amides is 1. The second-order valence-corrected chi connectivity index (χ2v) is 11.5. The van der Waals surface area contributed by atoms with Gasteiger partial charge in [0, 0.05) is 42.9 Å². The van der Waals surface area contributed by atoms with Gasteiger partial charge in [-0.15, -0.1) is 0 Å². The third kappa shape index (κ3) is 5.94. The van der Waals surface area contributed by atoms with Gasteiger partial charge in [-0.25, -0.2) is 0 Å².